The number of hydrogen-bond acceptors (Lipinski definition) is 4. The number of para-hydroxylation sites is 1. The van der Waals surface area contributed by atoms with Crippen LogP contribution in [0.15, 0.2) is 42.5 Å². The predicted molar refractivity (Wildman–Crippen MR) is 72.0 cm³/mol. The molecule has 2 atom stereocenters. The van der Waals surface area contributed by atoms with Crippen molar-refractivity contribution < 1.29 is 19.4 Å². The van der Waals surface area contributed by atoms with Crippen molar-refractivity contribution in [2.75, 3.05) is 11.5 Å². The third kappa shape index (κ3) is 2.15. The van der Waals surface area contributed by atoms with Gasteiger partial charge in [0.1, 0.15) is 5.60 Å². The molecule has 2 bridgehead atoms. The maximum atomic E-state index is 12.4. The van der Waals surface area contributed by atoms with E-state index in [-0.39, 0.29) is 37.4 Å². The van der Waals surface area contributed by atoms with E-state index in [1.807, 2.05) is 6.07 Å². The molecule has 5 heteroatoms. The van der Waals surface area contributed by atoms with Gasteiger partial charge in [-0.1, -0.05) is 30.4 Å². The van der Waals surface area contributed by atoms with Crippen LogP contribution in [0.4, 0.5) is 5.69 Å². The Bertz CT molecular complexity index is 568. The average molecular weight is 273 g/mol. The zero-order valence-corrected chi connectivity index (χ0v) is 10.9. The molecule has 0 saturated carbocycles. The Morgan fingerprint density at radius 1 is 1.25 bits per heavy atom. The summed E-state index contributed by atoms with van der Waals surface area (Å²) in [6.07, 6.45) is 3.11. The molecule has 1 fully saturated rings. The lowest BCUT2D eigenvalue weighted by Crippen LogP contribution is -2.47. The van der Waals surface area contributed by atoms with Crippen LogP contribution in [0.2, 0.25) is 0 Å². The summed E-state index contributed by atoms with van der Waals surface area (Å²) in [5, 5.41) is 9.49. The van der Waals surface area contributed by atoms with Crippen molar-refractivity contribution in [1.82, 2.24) is 0 Å². The Morgan fingerprint density at radius 2 is 2.00 bits per heavy atom. The summed E-state index contributed by atoms with van der Waals surface area (Å²) >= 11 is 0. The van der Waals surface area contributed by atoms with Gasteiger partial charge in [0.05, 0.1) is 31.2 Å². The van der Waals surface area contributed by atoms with E-state index in [1.54, 1.807) is 36.4 Å². The van der Waals surface area contributed by atoms with Crippen LogP contribution < -0.4 is 4.90 Å². The number of aliphatic hydroxyl groups excluding tert-OH is 1. The summed E-state index contributed by atoms with van der Waals surface area (Å²) in [5.41, 5.74) is -0.438. The number of anilines is 1. The second-order valence-corrected chi connectivity index (χ2v) is 5.08. The number of amides is 2. The number of hydrogen-bond donors (Lipinski definition) is 1. The van der Waals surface area contributed by atoms with Gasteiger partial charge in [-0.3, -0.25) is 14.5 Å². The Kier molecular flexibility index (Phi) is 3.16. The van der Waals surface area contributed by atoms with E-state index in [0.29, 0.717) is 5.69 Å². The lowest BCUT2D eigenvalue weighted by atomic mass is 10.00. The molecule has 2 heterocycles. The highest BCUT2D eigenvalue weighted by molar-refractivity contribution is 6.15. The van der Waals surface area contributed by atoms with E-state index in [9.17, 15) is 14.7 Å². The van der Waals surface area contributed by atoms with Gasteiger partial charge in [0, 0.05) is 0 Å². The molecule has 5 nitrogen and oxygen atoms in total. The SMILES string of the molecule is O=C1CC2C=CC(CO)(CC(=O)N1c1ccccc1)O2. The van der Waals surface area contributed by atoms with Gasteiger partial charge in [-0.05, 0) is 12.1 Å². The molecule has 2 aliphatic rings. The molecule has 0 radical (unpaired) electrons. The van der Waals surface area contributed by atoms with Crippen molar-refractivity contribution in [3.05, 3.63) is 42.5 Å². The Morgan fingerprint density at radius 3 is 2.70 bits per heavy atom. The number of carbonyl (C=O) groups is 2. The van der Waals surface area contributed by atoms with Crippen LogP contribution in [-0.2, 0) is 14.3 Å². The fourth-order valence-electron chi connectivity index (χ4n) is 2.62. The number of benzene rings is 1. The van der Waals surface area contributed by atoms with Gasteiger partial charge in [0.25, 0.3) is 0 Å². The van der Waals surface area contributed by atoms with Crippen LogP contribution in [0, 0.1) is 0 Å². The summed E-state index contributed by atoms with van der Waals surface area (Å²) < 4.78 is 5.63. The van der Waals surface area contributed by atoms with Crippen molar-refractivity contribution >= 4 is 17.5 Å². The first-order chi connectivity index (χ1) is 9.63. The van der Waals surface area contributed by atoms with E-state index in [2.05, 4.69) is 0 Å². The highest BCUT2D eigenvalue weighted by Gasteiger charge is 2.43. The van der Waals surface area contributed by atoms with Crippen LogP contribution in [0.25, 0.3) is 0 Å². The molecular formula is C15H15NO4. The number of nitrogens with zero attached hydrogens (tertiary/aromatic N) is 1. The van der Waals surface area contributed by atoms with Gasteiger partial charge in [-0.15, -0.1) is 0 Å². The van der Waals surface area contributed by atoms with Gasteiger partial charge in [0.2, 0.25) is 11.8 Å². The molecule has 1 saturated heterocycles. The highest BCUT2D eigenvalue weighted by atomic mass is 16.5. The quantitative estimate of drug-likeness (QED) is 0.645. The Labute approximate surface area is 116 Å². The molecule has 0 spiro atoms. The Balaban J connectivity index is 1.96. The maximum Gasteiger partial charge on any atom is 0.237 e. The van der Waals surface area contributed by atoms with E-state index >= 15 is 0 Å². The van der Waals surface area contributed by atoms with Crippen molar-refractivity contribution in [2.24, 2.45) is 0 Å². The highest BCUT2D eigenvalue weighted by Crippen LogP contribution is 2.32. The van der Waals surface area contributed by atoms with Crippen LogP contribution in [0.3, 0.4) is 0 Å². The second-order valence-electron chi connectivity index (χ2n) is 5.08. The zero-order chi connectivity index (χ0) is 14.2. The van der Waals surface area contributed by atoms with Crippen molar-refractivity contribution in [3.63, 3.8) is 0 Å². The monoisotopic (exact) mass is 273 g/mol. The molecule has 20 heavy (non-hydrogen) atoms. The smallest absolute Gasteiger partial charge is 0.237 e. The summed E-state index contributed by atoms with van der Waals surface area (Å²) in [4.78, 5) is 25.9. The fourth-order valence-corrected chi connectivity index (χ4v) is 2.62. The van der Waals surface area contributed by atoms with E-state index < -0.39 is 5.60 Å². The molecule has 1 aromatic rings. The van der Waals surface area contributed by atoms with Gasteiger partial charge < -0.3 is 9.84 Å². The number of carbonyl (C=O) groups excluding carboxylic acids is 2. The maximum absolute atomic E-state index is 12.4. The number of imide groups is 1. The molecule has 1 aromatic carbocycles. The van der Waals surface area contributed by atoms with E-state index in [4.69, 9.17) is 4.74 Å². The molecular weight excluding hydrogens is 258 g/mol. The molecule has 0 aromatic heterocycles. The number of ether oxygens (including phenoxy) is 1. The predicted octanol–water partition coefficient (Wildman–Crippen LogP) is 1.03. The summed E-state index contributed by atoms with van der Waals surface area (Å²) in [6, 6.07) is 8.82. The largest absolute Gasteiger partial charge is 0.393 e. The number of aliphatic hydroxyl groups is 1. The Hall–Kier alpha value is -1.98. The topological polar surface area (TPSA) is 66.8 Å². The van der Waals surface area contributed by atoms with Gasteiger partial charge in [0.15, 0.2) is 0 Å². The van der Waals surface area contributed by atoms with Crippen LogP contribution in [-0.4, -0.2) is 35.2 Å². The molecule has 2 aliphatic heterocycles. The number of fused-ring (bicyclic) bond motifs is 2. The van der Waals surface area contributed by atoms with E-state index in [1.165, 1.54) is 4.90 Å². The minimum Gasteiger partial charge on any atom is -0.393 e. The second kappa shape index (κ2) is 4.85. The lowest BCUT2D eigenvalue weighted by Gasteiger charge is -2.32. The van der Waals surface area contributed by atoms with Crippen molar-refractivity contribution in [1.29, 1.82) is 0 Å². The number of rotatable bonds is 2. The normalized spacial score (nSPS) is 29.4. The van der Waals surface area contributed by atoms with Crippen molar-refractivity contribution in [2.45, 2.75) is 24.5 Å². The van der Waals surface area contributed by atoms with Crippen LogP contribution in [0.5, 0.6) is 0 Å². The lowest BCUT2D eigenvalue weighted by molar-refractivity contribution is -0.138. The van der Waals surface area contributed by atoms with Crippen molar-refractivity contribution in [3.8, 4) is 0 Å². The average Bonchev–Trinajstić information content (AvgIpc) is 2.84. The first-order valence-corrected chi connectivity index (χ1v) is 6.52. The van der Waals surface area contributed by atoms with E-state index in [0.717, 1.165) is 0 Å². The van der Waals surface area contributed by atoms with Crippen LogP contribution in [0.1, 0.15) is 12.8 Å². The summed E-state index contributed by atoms with van der Waals surface area (Å²) in [5.74, 6) is -0.649. The summed E-state index contributed by atoms with van der Waals surface area (Å²) in [6.45, 7) is -0.275. The molecule has 2 unspecified atom stereocenters. The third-order valence-corrected chi connectivity index (χ3v) is 3.61. The first-order valence-electron chi connectivity index (χ1n) is 6.52. The summed E-state index contributed by atoms with van der Waals surface area (Å²) in [7, 11) is 0. The third-order valence-electron chi connectivity index (χ3n) is 3.61. The zero-order valence-electron chi connectivity index (χ0n) is 10.9. The minimum absolute atomic E-state index is 0.0445. The molecule has 3 rings (SSSR count). The molecule has 1 N–H and O–H groups in total. The van der Waals surface area contributed by atoms with Gasteiger partial charge >= 0.3 is 0 Å². The van der Waals surface area contributed by atoms with Crippen LogP contribution >= 0.6 is 0 Å². The molecule has 2 amide bonds. The molecule has 0 aliphatic carbocycles. The van der Waals surface area contributed by atoms with Gasteiger partial charge in [-0.2, -0.15) is 0 Å². The minimum atomic E-state index is -0.991. The first kappa shape index (κ1) is 13.0. The van der Waals surface area contributed by atoms with Gasteiger partial charge in [-0.25, -0.2) is 0 Å². The molecule has 104 valence electrons. The standard InChI is InChI=1S/C15H15NO4/c17-10-15-7-6-12(20-15)8-13(18)16(14(19)9-15)11-4-2-1-3-5-11/h1-7,12,17H,8-10H2. The fraction of sp³-hybridized carbons (Fsp3) is 0.333.